The highest BCUT2D eigenvalue weighted by atomic mass is 35.5. The number of carbonyl (C=O) groups excluding carboxylic acids is 2. The van der Waals surface area contributed by atoms with Crippen molar-refractivity contribution < 1.29 is 14.8 Å². The van der Waals surface area contributed by atoms with E-state index in [1.54, 1.807) is 24.5 Å². The number of hydrogen-bond donors (Lipinski definition) is 1. The minimum atomic E-state index is -1.03. The van der Waals surface area contributed by atoms with Gasteiger partial charge in [-0.2, -0.15) is 4.73 Å². The second kappa shape index (κ2) is 8.78. The highest BCUT2D eigenvalue weighted by Gasteiger charge is 2.22. The van der Waals surface area contributed by atoms with Crippen LogP contribution in [0.3, 0.4) is 0 Å². The number of carbonyl (C=O) groups is 2. The van der Waals surface area contributed by atoms with Crippen LogP contribution in [0.4, 0.5) is 0 Å². The zero-order valence-electron chi connectivity index (χ0n) is 17.5. The standard InChI is InChI=1S/C25H16Cl2N4O3/c26-20-13-31(34)14-21(27)22(20)29-25(33)23(32)19-12-30(24-18(19)9-4-10-28-24)11-16-7-3-6-15-5-1-2-8-17(15)16/h1-10,12-14,34H,11H2. The summed E-state index contributed by atoms with van der Waals surface area (Å²) in [6.07, 6.45) is 5.48. The number of ketones is 1. The van der Waals surface area contributed by atoms with Gasteiger partial charge in [0.2, 0.25) is 0 Å². The molecule has 1 N–H and O–H groups in total. The van der Waals surface area contributed by atoms with E-state index in [1.165, 1.54) is 0 Å². The van der Waals surface area contributed by atoms with Crippen LogP contribution >= 0.6 is 23.2 Å². The molecule has 0 aliphatic carbocycles. The van der Waals surface area contributed by atoms with Crippen molar-refractivity contribution in [3.05, 3.63) is 106 Å². The fourth-order valence-corrected chi connectivity index (χ4v) is 4.45. The number of benzene rings is 2. The molecule has 1 amide bonds. The van der Waals surface area contributed by atoms with Crippen molar-refractivity contribution in [2.24, 2.45) is 4.99 Å². The first-order chi connectivity index (χ1) is 16.4. The molecular formula is C25H16Cl2N4O3. The maximum absolute atomic E-state index is 13.1. The summed E-state index contributed by atoms with van der Waals surface area (Å²) in [5, 5.41) is 12.0. The fraction of sp³-hybridized carbons (Fsp3) is 0.0400. The lowest BCUT2D eigenvalue weighted by atomic mass is 10.0. The van der Waals surface area contributed by atoms with Crippen LogP contribution in [-0.2, 0) is 11.3 Å². The first kappa shape index (κ1) is 21.9. The SMILES string of the molecule is O=C(N=c1c(Cl)cn(O)cc1Cl)C(=O)c1cn(Cc2cccc3ccccc23)c2ncccc12. The lowest BCUT2D eigenvalue weighted by molar-refractivity contribution is -0.114. The molecule has 7 nitrogen and oxygen atoms in total. The number of aromatic nitrogens is 3. The van der Waals surface area contributed by atoms with Gasteiger partial charge in [0.25, 0.3) is 5.78 Å². The lowest BCUT2D eigenvalue weighted by Gasteiger charge is -2.08. The maximum atomic E-state index is 13.1. The third-order valence-corrected chi connectivity index (χ3v) is 6.00. The smallest absolute Gasteiger partial charge is 0.318 e. The van der Waals surface area contributed by atoms with Crippen molar-refractivity contribution >= 4 is 56.7 Å². The molecule has 5 rings (SSSR count). The predicted octanol–water partition coefficient (Wildman–Crippen LogP) is 4.89. The second-order valence-corrected chi connectivity index (χ2v) is 8.43. The first-order valence-corrected chi connectivity index (χ1v) is 11.0. The Labute approximate surface area is 203 Å². The number of nitrogens with zero attached hydrogens (tertiary/aromatic N) is 4. The quantitative estimate of drug-likeness (QED) is 0.220. The van der Waals surface area contributed by atoms with Gasteiger partial charge in [-0.15, -0.1) is 0 Å². The molecule has 34 heavy (non-hydrogen) atoms. The Bertz CT molecular complexity index is 1640. The molecule has 2 aromatic carbocycles. The number of halogens is 2. The number of amides is 1. The van der Waals surface area contributed by atoms with Gasteiger partial charge in [0.1, 0.15) is 11.0 Å². The lowest BCUT2D eigenvalue weighted by Crippen LogP contribution is -2.18. The Morgan fingerprint density at radius 3 is 2.41 bits per heavy atom. The van der Waals surface area contributed by atoms with E-state index >= 15 is 0 Å². The number of hydrogen-bond acceptors (Lipinski definition) is 4. The number of pyridine rings is 2. The molecule has 0 fully saturated rings. The van der Waals surface area contributed by atoms with E-state index < -0.39 is 11.7 Å². The van der Waals surface area contributed by atoms with Gasteiger partial charge in [0.15, 0.2) is 0 Å². The largest absolute Gasteiger partial charge is 0.429 e. The van der Waals surface area contributed by atoms with Crippen molar-refractivity contribution in [1.29, 1.82) is 0 Å². The summed E-state index contributed by atoms with van der Waals surface area (Å²) in [6.45, 7) is 0.459. The highest BCUT2D eigenvalue weighted by molar-refractivity contribution is 6.45. The van der Waals surface area contributed by atoms with Gasteiger partial charge < -0.3 is 9.77 Å². The van der Waals surface area contributed by atoms with Crippen molar-refractivity contribution in [2.45, 2.75) is 6.54 Å². The second-order valence-electron chi connectivity index (χ2n) is 7.61. The Hall–Kier alpha value is -3.94. The summed E-state index contributed by atoms with van der Waals surface area (Å²) >= 11 is 12.1. The zero-order valence-corrected chi connectivity index (χ0v) is 19.0. The van der Waals surface area contributed by atoms with E-state index in [0.29, 0.717) is 22.3 Å². The van der Waals surface area contributed by atoms with E-state index in [2.05, 4.69) is 9.98 Å². The van der Waals surface area contributed by atoms with Gasteiger partial charge in [-0.05, 0) is 28.5 Å². The summed E-state index contributed by atoms with van der Waals surface area (Å²) in [5.41, 5.74) is 1.80. The molecule has 0 bridgehead atoms. The molecular weight excluding hydrogens is 475 g/mol. The van der Waals surface area contributed by atoms with Crippen LogP contribution in [0.2, 0.25) is 10.0 Å². The normalized spacial score (nSPS) is 11.1. The Kier molecular flexibility index (Phi) is 5.65. The molecule has 0 spiro atoms. The first-order valence-electron chi connectivity index (χ1n) is 10.2. The fourth-order valence-electron chi connectivity index (χ4n) is 3.92. The summed E-state index contributed by atoms with van der Waals surface area (Å²) in [6, 6.07) is 17.5. The van der Waals surface area contributed by atoms with Crippen LogP contribution in [0.25, 0.3) is 21.8 Å². The van der Waals surface area contributed by atoms with Crippen LogP contribution in [0.5, 0.6) is 0 Å². The average Bonchev–Trinajstić information content (AvgIpc) is 3.19. The van der Waals surface area contributed by atoms with Gasteiger partial charge in [-0.25, -0.2) is 9.98 Å². The molecule has 3 heterocycles. The predicted molar refractivity (Wildman–Crippen MR) is 129 cm³/mol. The number of Topliss-reactive ketones (excluding diaryl/α,β-unsaturated/α-hetero) is 1. The van der Waals surface area contributed by atoms with Crippen molar-refractivity contribution in [3.63, 3.8) is 0 Å². The average molecular weight is 491 g/mol. The molecule has 0 saturated carbocycles. The van der Waals surface area contributed by atoms with Gasteiger partial charge in [-0.3, -0.25) is 9.59 Å². The summed E-state index contributed by atoms with van der Waals surface area (Å²) in [5.74, 6) is -1.85. The van der Waals surface area contributed by atoms with Crippen LogP contribution in [-0.4, -0.2) is 31.2 Å². The molecule has 3 aromatic heterocycles. The monoisotopic (exact) mass is 490 g/mol. The minimum absolute atomic E-state index is 0.0730. The molecule has 0 aliphatic heterocycles. The maximum Gasteiger partial charge on any atom is 0.318 e. The van der Waals surface area contributed by atoms with Gasteiger partial charge in [-0.1, -0.05) is 65.7 Å². The van der Waals surface area contributed by atoms with Crippen LogP contribution < -0.4 is 5.36 Å². The van der Waals surface area contributed by atoms with E-state index in [0.717, 1.165) is 28.7 Å². The topological polar surface area (TPSA) is 89.5 Å². The third-order valence-electron chi connectivity index (χ3n) is 5.45. The van der Waals surface area contributed by atoms with E-state index in [-0.39, 0.29) is 21.0 Å². The number of rotatable bonds is 4. The highest BCUT2D eigenvalue weighted by Crippen LogP contribution is 2.24. The van der Waals surface area contributed by atoms with Crippen molar-refractivity contribution in [1.82, 2.24) is 14.3 Å². The zero-order chi connectivity index (χ0) is 23.8. The van der Waals surface area contributed by atoms with Crippen molar-refractivity contribution in [3.8, 4) is 0 Å². The molecule has 0 unspecified atom stereocenters. The van der Waals surface area contributed by atoms with Crippen LogP contribution in [0.15, 0.2) is 84.4 Å². The van der Waals surface area contributed by atoms with E-state index in [9.17, 15) is 14.8 Å². The Morgan fingerprint density at radius 1 is 0.912 bits per heavy atom. The third kappa shape index (κ3) is 3.96. The Morgan fingerprint density at radius 2 is 1.62 bits per heavy atom. The summed E-state index contributed by atoms with van der Waals surface area (Å²) in [4.78, 5) is 34.1. The van der Waals surface area contributed by atoms with Crippen LogP contribution in [0.1, 0.15) is 15.9 Å². The molecule has 0 aliphatic rings. The van der Waals surface area contributed by atoms with Crippen molar-refractivity contribution in [2.75, 3.05) is 0 Å². The summed E-state index contributed by atoms with van der Waals surface area (Å²) in [7, 11) is 0. The Balaban J connectivity index is 1.57. The van der Waals surface area contributed by atoms with E-state index in [4.69, 9.17) is 23.2 Å². The van der Waals surface area contributed by atoms with Gasteiger partial charge in [0.05, 0.1) is 28.0 Å². The molecule has 5 aromatic rings. The minimum Gasteiger partial charge on any atom is -0.429 e. The van der Waals surface area contributed by atoms with E-state index in [1.807, 2.05) is 47.0 Å². The molecule has 168 valence electrons. The molecule has 0 radical (unpaired) electrons. The molecule has 0 atom stereocenters. The molecule has 0 saturated heterocycles. The molecule has 9 heteroatoms. The summed E-state index contributed by atoms with van der Waals surface area (Å²) < 4.78 is 2.48. The van der Waals surface area contributed by atoms with Crippen LogP contribution in [0, 0.1) is 0 Å². The number of fused-ring (bicyclic) bond motifs is 2. The van der Waals surface area contributed by atoms with Gasteiger partial charge >= 0.3 is 5.91 Å². The van der Waals surface area contributed by atoms with Gasteiger partial charge in [0, 0.05) is 24.3 Å².